The third-order valence-electron chi connectivity index (χ3n) is 7.91. The van der Waals surface area contributed by atoms with Gasteiger partial charge >= 0.3 is 5.97 Å². The van der Waals surface area contributed by atoms with Crippen LogP contribution < -0.4 is 10.5 Å². The number of aliphatic carboxylic acids is 1. The van der Waals surface area contributed by atoms with E-state index in [2.05, 4.69) is 30.4 Å². The van der Waals surface area contributed by atoms with E-state index < -0.39 is 5.97 Å². The number of hydrogen-bond acceptors (Lipinski definition) is 3. The summed E-state index contributed by atoms with van der Waals surface area (Å²) in [6, 6.07) is 6.05. The van der Waals surface area contributed by atoms with E-state index in [4.69, 9.17) is 9.63 Å². The molecule has 1 aromatic carbocycles. The number of rotatable bonds is 13. The molecule has 6 heteroatoms. The topological polar surface area (TPSA) is 93.7 Å². The van der Waals surface area contributed by atoms with Crippen LogP contribution in [0.1, 0.15) is 124 Å². The van der Waals surface area contributed by atoms with Crippen molar-refractivity contribution in [2.24, 2.45) is 11.8 Å². The first-order valence-corrected chi connectivity index (χ1v) is 13.8. The van der Waals surface area contributed by atoms with E-state index in [0.29, 0.717) is 24.7 Å². The van der Waals surface area contributed by atoms with Crippen LogP contribution in [0.5, 0.6) is 0 Å². The predicted molar refractivity (Wildman–Crippen MR) is 140 cm³/mol. The maximum absolute atomic E-state index is 13.2. The molecular formula is C30H43N2O4+. The van der Waals surface area contributed by atoms with Crippen LogP contribution in [0.15, 0.2) is 22.7 Å². The first-order valence-electron chi connectivity index (χ1n) is 13.8. The molecule has 2 aliphatic rings. The van der Waals surface area contributed by atoms with Crippen molar-refractivity contribution < 1.29 is 24.4 Å². The van der Waals surface area contributed by atoms with Crippen LogP contribution in [0.25, 0.3) is 0 Å². The van der Waals surface area contributed by atoms with E-state index in [-0.39, 0.29) is 18.2 Å². The molecular weight excluding hydrogens is 452 g/mol. The molecule has 2 saturated carbocycles. The molecule has 1 heterocycles. The SMILES string of the molecule is Cc1ccc(NC(=O)CC(CCCCC(=O)O)c2[nH+]oc(C3CC(CC(C)C)C3)c2C2CC2)c(C)c1. The molecule has 0 spiro atoms. The summed E-state index contributed by atoms with van der Waals surface area (Å²) < 4.78 is 6.16. The zero-order valence-electron chi connectivity index (χ0n) is 22.4. The molecule has 0 aliphatic heterocycles. The minimum Gasteiger partial charge on any atom is -0.481 e. The number of nitrogens with one attached hydrogen (secondary N) is 2. The van der Waals surface area contributed by atoms with Crippen molar-refractivity contribution in [1.82, 2.24) is 0 Å². The van der Waals surface area contributed by atoms with Crippen LogP contribution >= 0.6 is 0 Å². The van der Waals surface area contributed by atoms with E-state index in [1.54, 1.807) is 0 Å². The molecule has 1 aromatic heterocycles. The first kappa shape index (κ1) is 26.4. The van der Waals surface area contributed by atoms with Gasteiger partial charge in [-0.3, -0.25) is 9.59 Å². The lowest BCUT2D eigenvalue weighted by atomic mass is 9.69. The highest BCUT2D eigenvalue weighted by atomic mass is 16.5. The average molecular weight is 496 g/mol. The van der Waals surface area contributed by atoms with Crippen molar-refractivity contribution in [3.05, 3.63) is 46.3 Å². The zero-order chi connectivity index (χ0) is 25.8. The smallest absolute Gasteiger partial charge is 0.303 e. The summed E-state index contributed by atoms with van der Waals surface area (Å²) in [7, 11) is 0. The van der Waals surface area contributed by atoms with Crippen molar-refractivity contribution in [1.29, 1.82) is 0 Å². The molecule has 0 radical (unpaired) electrons. The number of anilines is 1. The number of hydrogen-bond donors (Lipinski definition) is 2. The molecule has 1 amide bonds. The number of unbranched alkanes of at least 4 members (excludes halogenated alkanes) is 1. The highest BCUT2D eigenvalue weighted by molar-refractivity contribution is 5.92. The highest BCUT2D eigenvalue weighted by Gasteiger charge is 2.44. The molecule has 1 unspecified atom stereocenters. The summed E-state index contributed by atoms with van der Waals surface area (Å²) >= 11 is 0. The molecule has 4 rings (SSSR count). The van der Waals surface area contributed by atoms with Crippen LogP contribution in [0, 0.1) is 25.7 Å². The van der Waals surface area contributed by atoms with Crippen LogP contribution in [0.3, 0.4) is 0 Å². The maximum Gasteiger partial charge on any atom is 0.303 e. The predicted octanol–water partition coefficient (Wildman–Crippen LogP) is 6.89. The van der Waals surface area contributed by atoms with Crippen molar-refractivity contribution in [3.63, 3.8) is 0 Å². The Bertz CT molecular complexity index is 1060. The lowest BCUT2D eigenvalue weighted by Crippen LogP contribution is -2.24. The number of aromatic nitrogens is 1. The normalized spacial score (nSPS) is 20.2. The molecule has 196 valence electrons. The third kappa shape index (κ3) is 6.77. The number of carboxylic acid groups (broad SMARTS) is 1. The summed E-state index contributed by atoms with van der Waals surface area (Å²) in [6.45, 7) is 8.64. The van der Waals surface area contributed by atoms with E-state index in [0.717, 1.165) is 47.4 Å². The van der Waals surface area contributed by atoms with Gasteiger partial charge in [0.1, 0.15) is 0 Å². The number of carbonyl (C=O) groups excluding carboxylic acids is 1. The van der Waals surface area contributed by atoms with Crippen LogP contribution in [0.2, 0.25) is 0 Å². The van der Waals surface area contributed by atoms with Gasteiger partial charge < -0.3 is 10.4 Å². The molecule has 1 atom stereocenters. The lowest BCUT2D eigenvalue weighted by molar-refractivity contribution is -0.619. The lowest BCUT2D eigenvalue weighted by Gasteiger charge is -2.34. The number of carbonyl (C=O) groups is 2. The molecule has 0 bridgehead atoms. The fraction of sp³-hybridized carbons (Fsp3) is 0.633. The van der Waals surface area contributed by atoms with Crippen LogP contribution in [0.4, 0.5) is 5.69 Å². The van der Waals surface area contributed by atoms with Gasteiger partial charge in [-0.2, -0.15) is 0 Å². The number of aromatic amines is 1. The van der Waals surface area contributed by atoms with Crippen molar-refractivity contribution in [3.8, 4) is 0 Å². The Kier molecular flexibility index (Phi) is 8.53. The summed E-state index contributed by atoms with van der Waals surface area (Å²) in [4.78, 5) is 24.2. The van der Waals surface area contributed by atoms with Gasteiger partial charge in [-0.1, -0.05) is 38.0 Å². The Morgan fingerprint density at radius 2 is 1.89 bits per heavy atom. The first-order chi connectivity index (χ1) is 17.2. The largest absolute Gasteiger partial charge is 0.481 e. The number of H-pyrrole nitrogens is 1. The second-order valence-corrected chi connectivity index (χ2v) is 11.7. The number of aryl methyl sites for hydroxylation is 2. The average Bonchev–Trinajstić information content (AvgIpc) is 3.53. The minimum atomic E-state index is -0.768. The van der Waals surface area contributed by atoms with Crippen molar-refractivity contribution in [2.45, 2.75) is 110 Å². The Morgan fingerprint density at radius 1 is 1.14 bits per heavy atom. The second-order valence-electron chi connectivity index (χ2n) is 11.7. The van der Waals surface area contributed by atoms with Crippen molar-refractivity contribution in [2.75, 3.05) is 5.32 Å². The van der Waals surface area contributed by atoms with Gasteiger partial charge in [-0.15, -0.1) is 0 Å². The van der Waals surface area contributed by atoms with E-state index in [1.165, 1.54) is 43.2 Å². The molecule has 0 saturated heterocycles. The van der Waals surface area contributed by atoms with Gasteiger partial charge in [-0.25, -0.2) is 4.52 Å². The fourth-order valence-electron chi connectivity index (χ4n) is 5.96. The fourth-order valence-corrected chi connectivity index (χ4v) is 5.96. The Balaban J connectivity index is 1.50. The number of carboxylic acids is 1. The summed E-state index contributed by atoms with van der Waals surface area (Å²) in [5, 5.41) is 15.4. The van der Waals surface area contributed by atoms with Gasteiger partial charge in [0.15, 0.2) is 5.76 Å². The second kappa shape index (κ2) is 11.6. The van der Waals surface area contributed by atoms with Crippen LogP contribution in [-0.2, 0) is 9.59 Å². The van der Waals surface area contributed by atoms with E-state index in [1.807, 2.05) is 26.0 Å². The van der Waals surface area contributed by atoms with Gasteiger partial charge in [0.2, 0.25) is 11.6 Å². The third-order valence-corrected chi connectivity index (χ3v) is 7.91. The quantitative estimate of drug-likeness (QED) is 0.296. The molecule has 2 aliphatic carbocycles. The molecule has 2 fully saturated rings. The maximum atomic E-state index is 13.2. The van der Waals surface area contributed by atoms with Gasteiger partial charge in [0, 0.05) is 24.4 Å². The molecule has 6 nitrogen and oxygen atoms in total. The zero-order valence-corrected chi connectivity index (χ0v) is 22.4. The summed E-state index contributed by atoms with van der Waals surface area (Å²) in [5.41, 5.74) is 5.47. The van der Waals surface area contributed by atoms with Gasteiger partial charge in [-0.05, 0) is 93.3 Å². The Hall–Kier alpha value is -2.63. The number of amides is 1. The van der Waals surface area contributed by atoms with Gasteiger partial charge in [0.05, 0.1) is 11.5 Å². The molecule has 36 heavy (non-hydrogen) atoms. The molecule has 2 aromatic rings. The van der Waals surface area contributed by atoms with E-state index in [9.17, 15) is 9.59 Å². The summed E-state index contributed by atoms with van der Waals surface area (Å²) in [5.74, 6) is 2.85. The number of benzene rings is 1. The van der Waals surface area contributed by atoms with Crippen LogP contribution in [-0.4, -0.2) is 17.0 Å². The molecule has 3 N–H and O–H groups in total. The Morgan fingerprint density at radius 3 is 2.53 bits per heavy atom. The Labute approximate surface area is 215 Å². The summed E-state index contributed by atoms with van der Waals surface area (Å²) in [6.07, 6.45) is 8.68. The monoisotopic (exact) mass is 495 g/mol. The highest BCUT2D eigenvalue weighted by Crippen LogP contribution is 2.52. The van der Waals surface area contributed by atoms with Gasteiger partial charge in [0.25, 0.3) is 0 Å². The van der Waals surface area contributed by atoms with E-state index >= 15 is 0 Å². The standard InChI is InChI=1S/C30H42N2O4/c1-18(2)13-21-15-24(16-21)30-28(22-10-11-22)29(32-36-30)23(7-5-6-8-27(34)35)17-26(33)31-25-12-9-19(3)14-20(25)4/h9,12,14,18,21-24H,5-8,10-11,13,15-17H2,1-4H3,(H,31,33)(H,34,35)/p+1. The van der Waals surface area contributed by atoms with Crippen molar-refractivity contribution >= 4 is 17.6 Å². The minimum absolute atomic E-state index is 0.0100.